The molecular weight excluding hydrogens is 248 g/mol. The van der Waals surface area contributed by atoms with E-state index in [2.05, 4.69) is 0 Å². The average Bonchev–Trinajstić information content (AvgIpc) is 2.34. The number of carbonyl (C=O) groups excluding carboxylic acids is 1. The summed E-state index contributed by atoms with van der Waals surface area (Å²) in [7, 11) is 2.99. The zero-order valence-corrected chi connectivity index (χ0v) is 12.3. The Balaban J connectivity index is 3.06. The maximum Gasteiger partial charge on any atom is 0.407 e. The van der Waals surface area contributed by atoms with Crippen LogP contribution in [-0.2, 0) is 9.63 Å². The molecule has 0 aromatic heterocycles. The van der Waals surface area contributed by atoms with Crippen molar-refractivity contribution in [2.24, 2.45) is 11.3 Å². The molecule has 1 rings (SSSR count). The smallest absolute Gasteiger partial charge is 0.407 e. The van der Waals surface area contributed by atoms with Gasteiger partial charge in [-0.05, 0) is 18.3 Å². The molecule has 0 aromatic carbocycles. The largest absolute Gasteiger partial charge is 0.465 e. The minimum absolute atomic E-state index is 0.159. The molecule has 1 heterocycles. The van der Waals surface area contributed by atoms with Crippen molar-refractivity contribution in [2.45, 2.75) is 39.7 Å². The minimum atomic E-state index is -0.961. The van der Waals surface area contributed by atoms with E-state index in [-0.39, 0.29) is 23.3 Å². The Morgan fingerprint density at radius 1 is 1.37 bits per heavy atom. The third-order valence-electron chi connectivity index (χ3n) is 3.67. The second-order valence-corrected chi connectivity index (χ2v) is 6.05. The Morgan fingerprint density at radius 3 is 2.37 bits per heavy atom. The summed E-state index contributed by atoms with van der Waals surface area (Å²) in [5.41, 5.74) is -0.298. The summed E-state index contributed by atoms with van der Waals surface area (Å²) in [6.45, 7) is 6.38. The minimum Gasteiger partial charge on any atom is -0.465 e. The molecule has 1 saturated heterocycles. The van der Waals surface area contributed by atoms with Gasteiger partial charge in [0.15, 0.2) is 0 Å². The summed E-state index contributed by atoms with van der Waals surface area (Å²) in [6.07, 6.45) is 0.433. The predicted octanol–water partition coefficient (Wildman–Crippen LogP) is 1.81. The molecular formula is C13H24N2O4. The molecule has 0 saturated carbocycles. The van der Waals surface area contributed by atoms with Crippen LogP contribution in [0.15, 0.2) is 0 Å². The molecule has 0 spiro atoms. The Hall–Kier alpha value is -1.30. The van der Waals surface area contributed by atoms with Crippen LogP contribution in [-0.4, -0.2) is 53.8 Å². The van der Waals surface area contributed by atoms with Crippen LogP contribution in [0.25, 0.3) is 0 Å². The van der Waals surface area contributed by atoms with Crippen molar-refractivity contribution in [3.8, 4) is 0 Å². The summed E-state index contributed by atoms with van der Waals surface area (Å²) in [5.74, 6) is -0.511. The van der Waals surface area contributed by atoms with Crippen LogP contribution < -0.4 is 0 Å². The topological polar surface area (TPSA) is 70.1 Å². The Bertz CT molecular complexity index is 351. The van der Waals surface area contributed by atoms with E-state index in [1.165, 1.54) is 17.1 Å². The molecule has 1 fully saturated rings. The van der Waals surface area contributed by atoms with E-state index in [1.54, 1.807) is 7.05 Å². The van der Waals surface area contributed by atoms with E-state index in [0.29, 0.717) is 19.4 Å². The van der Waals surface area contributed by atoms with Gasteiger partial charge in [0.05, 0.1) is 19.1 Å². The lowest BCUT2D eigenvalue weighted by Crippen LogP contribution is -2.57. The SMILES string of the molecule is CON(C)C(=O)[C@@H]1CCCN(C(=O)O)C1C(C)(C)C. The maximum absolute atomic E-state index is 12.3. The Kier molecular flexibility index (Phi) is 4.79. The molecule has 1 unspecified atom stereocenters. The van der Waals surface area contributed by atoms with Crippen molar-refractivity contribution in [3.63, 3.8) is 0 Å². The van der Waals surface area contributed by atoms with Crippen molar-refractivity contribution >= 4 is 12.0 Å². The second-order valence-electron chi connectivity index (χ2n) is 6.05. The first-order valence-corrected chi connectivity index (χ1v) is 6.51. The highest BCUT2D eigenvalue weighted by atomic mass is 16.7. The van der Waals surface area contributed by atoms with Crippen LogP contribution in [0.4, 0.5) is 4.79 Å². The number of likely N-dealkylation sites (tertiary alicyclic amines) is 1. The Labute approximate surface area is 114 Å². The molecule has 6 nitrogen and oxygen atoms in total. The van der Waals surface area contributed by atoms with Gasteiger partial charge in [0, 0.05) is 13.6 Å². The van der Waals surface area contributed by atoms with Crippen molar-refractivity contribution in [1.82, 2.24) is 9.96 Å². The molecule has 0 aromatic rings. The van der Waals surface area contributed by atoms with Gasteiger partial charge in [-0.25, -0.2) is 9.86 Å². The molecule has 2 atom stereocenters. The van der Waals surface area contributed by atoms with Crippen LogP contribution in [0.1, 0.15) is 33.6 Å². The van der Waals surface area contributed by atoms with Gasteiger partial charge in [-0.3, -0.25) is 9.63 Å². The standard InChI is InChI=1S/C13H24N2O4/c1-13(2,3)10-9(11(16)14(4)19-5)7-6-8-15(10)12(17)18/h9-10H,6-8H2,1-5H3,(H,17,18)/t9-,10?/m1/s1. The highest BCUT2D eigenvalue weighted by Gasteiger charge is 2.45. The van der Waals surface area contributed by atoms with Crippen molar-refractivity contribution in [2.75, 3.05) is 20.7 Å². The maximum atomic E-state index is 12.3. The van der Waals surface area contributed by atoms with Gasteiger partial charge in [-0.1, -0.05) is 20.8 Å². The van der Waals surface area contributed by atoms with E-state index < -0.39 is 6.09 Å². The number of hydrogen-bond donors (Lipinski definition) is 1. The van der Waals surface area contributed by atoms with E-state index in [9.17, 15) is 14.7 Å². The second kappa shape index (κ2) is 5.77. The zero-order valence-electron chi connectivity index (χ0n) is 12.3. The van der Waals surface area contributed by atoms with Gasteiger partial charge in [-0.15, -0.1) is 0 Å². The molecule has 110 valence electrons. The lowest BCUT2D eigenvalue weighted by atomic mass is 9.73. The van der Waals surface area contributed by atoms with Gasteiger partial charge in [0.2, 0.25) is 0 Å². The number of carbonyl (C=O) groups is 2. The first-order valence-electron chi connectivity index (χ1n) is 6.51. The summed E-state index contributed by atoms with van der Waals surface area (Å²) in [6, 6.07) is -0.330. The first-order chi connectivity index (χ1) is 8.70. The Morgan fingerprint density at radius 2 is 1.95 bits per heavy atom. The number of hydroxylamine groups is 2. The van der Waals surface area contributed by atoms with Gasteiger partial charge in [0.25, 0.3) is 5.91 Å². The van der Waals surface area contributed by atoms with Crippen LogP contribution in [0.3, 0.4) is 0 Å². The number of hydrogen-bond acceptors (Lipinski definition) is 3. The molecule has 6 heteroatoms. The molecule has 1 aliphatic heterocycles. The van der Waals surface area contributed by atoms with Gasteiger partial charge in [0.1, 0.15) is 0 Å². The number of piperidine rings is 1. The third-order valence-corrected chi connectivity index (χ3v) is 3.67. The summed E-state index contributed by atoms with van der Waals surface area (Å²) in [5, 5.41) is 10.5. The fourth-order valence-corrected chi connectivity index (χ4v) is 2.86. The van der Waals surface area contributed by atoms with Crippen LogP contribution >= 0.6 is 0 Å². The van der Waals surface area contributed by atoms with Gasteiger partial charge >= 0.3 is 6.09 Å². The molecule has 2 amide bonds. The van der Waals surface area contributed by atoms with Crippen LogP contribution in [0.5, 0.6) is 0 Å². The number of amides is 2. The predicted molar refractivity (Wildman–Crippen MR) is 70.5 cm³/mol. The van der Waals surface area contributed by atoms with E-state index in [1.807, 2.05) is 20.8 Å². The number of nitrogens with zero attached hydrogens (tertiary/aromatic N) is 2. The van der Waals surface area contributed by atoms with Crippen molar-refractivity contribution in [3.05, 3.63) is 0 Å². The normalized spacial score (nSPS) is 24.2. The number of carboxylic acid groups (broad SMARTS) is 1. The third kappa shape index (κ3) is 3.37. The fraction of sp³-hybridized carbons (Fsp3) is 0.846. The first kappa shape index (κ1) is 15.8. The molecule has 1 N–H and O–H groups in total. The average molecular weight is 272 g/mol. The monoisotopic (exact) mass is 272 g/mol. The lowest BCUT2D eigenvalue weighted by Gasteiger charge is -2.46. The number of rotatable bonds is 2. The highest BCUT2D eigenvalue weighted by Crippen LogP contribution is 2.36. The molecule has 0 aliphatic carbocycles. The highest BCUT2D eigenvalue weighted by molar-refractivity contribution is 5.79. The molecule has 0 radical (unpaired) electrons. The van der Waals surface area contributed by atoms with Gasteiger partial charge in [-0.2, -0.15) is 0 Å². The molecule has 19 heavy (non-hydrogen) atoms. The summed E-state index contributed by atoms with van der Waals surface area (Å²) >= 11 is 0. The molecule has 1 aliphatic rings. The summed E-state index contributed by atoms with van der Waals surface area (Å²) in [4.78, 5) is 30.1. The van der Waals surface area contributed by atoms with E-state index >= 15 is 0 Å². The van der Waals surface area contributed by atoms with Crippen molar-refractivity contribution < 1.29 is 19.5 Å². The summed E-state index contributed by atoms with van der Waals surface area (Å²) < 4.78 is 0. The fourth-order valence-electron chi connectivity index (χ4n) is 2.86. The zero-order chi connectivity index (χ0) is 14.8. The van der Waals surface area contributed by atoms with E-state index in [4.69, 9.17) is 4.84 Å². The van der Waals surface area contributed by atoms with Crippen molar-refractivity contribution in [1.29, 1.82) is 0 Å². The van der Waals surface area contributed by atoms with Crippen LogP contribution in [0.2, 0.25) is 0 Å². The van der Waals surface area contributed by atoms with Crippen LogP contribution in [0, 0.1) is 11.3 Å². The molecule has 0 bridgehead atoms. The van der Waals surface area contributed by atoms with E-state index in [0.717, 1.165) is 0 Å². The lowest BCUT2D eigenvalue weighted by molar-refractivity contribution is -0.178. The van der Waals surface area contributed by atoms with Gasteiger partial charge < -0.3 is 10.0 Å². The quantitative estimate of drug-likeness (QED) is 0.778.